The van der Waals surface area contributed by atoms with Gasteiger partial charge in [-0.3, -0.25) is 9.18 Å². The molecular formula is C13H22FIN4OS. The molecule has 0 atom stereocenters. The third kappa shape index (κ3) is 8.86. The largest absolute Gasteiger partial charge is 0.356 e. The van der Waals surface area contributed by atoms with E-state index in [-0.39, 0.29) is 43.1 Å². The van der Waals surface area contributed by atoms with Gasteiger partial charge in [0.25, 0.3) is 0 Å². The number of rotatable bonds is 7. The Morgan fingerprint density at radius 3 is 2.76 bits per heavy atom. The normalized spacial score (nSPS) is 10.7. The average Bonchev–Trinajstić information content (AvgIpc) is 2.94. The number of carbonyl (C=O) groups excluding carboxylic acids is 1. The predicted octanol–water partition coefficient (Wildman–Crippen LogP) is 1.85. The smallest absolute Gasteiger partial charge is 0.243 e. The van der Waals surface area contributed by atoms with Gasteiger partial charge >= 0.3 is 0 Å². The Balaban J connectivity index is 0.00000400. The molecule has 0 saturated carbocycles. The van der Waals surface area contributed by atoms with E-state index in [1.54, 1.807) is 25.4 Å². The van der Waals surface area contributed by atoms with Crippen molar-refractivity contribution in [2.75, 3.05) is 33.9 Å². The van der Waals surface area contributed by atoms with Crippen LogP contribution in [0.1, 0.15) is 11.3 Å². The second kappa shape index (κ2) is 11.7. The second-order valence-corrected chi connectivity index (χ2v) is 5.39. The van der Waals surface area contributed by atoms with Gasteiger partial charge in [0.1, 0.15) is 6.54 Å². The van der Waals surface area contributed by atoms with Crippen LogP contribution < -0.4 is 10.6 Å². The molecule has 0 saturated heterocycles. The molecule has 1 amide bonds. The zero-order valence-corrected chi connectivity index (χ0v) is 15.4. The Morgan fingerprint density at radius 1 is 1.43 bits per heavy atom. The first-order chi connectivity index (χ1) is 9.63. The van der Waals surface area contributed by atoms with Crippen molar-refractivity contribution in [1.29, 1.82) is 0 Å². The summed E-state index contributed by atoms with van der Waals surface area (Å²) in [7, 11) is 3.38. The first-order valence-corrected chi connectivity index (χ1v) is 7.32. The van der Waals surface area contributed by atoms with E-state index in [4.69, 9.17) is 0 Å². The fraction of sp³-hybridized carbons (Fsp3) is 0.538. The van der Waals surface area contributed by atoms with Crippen LogP contribution >= 0.6 is 35.3 Å². The van der Waals surface area contributed by atoms with Crippen molar-refractivity contribution in [2.45, 2.75) is 13.0 Å². The quantitative estimate of drug-likeness (QED) is 0.302. The topological polar surface area (TPSA) is 56.7 Å². The van der Waals surface area contributed by atoms with Crippen LogP contribution in [0.4, 0.5) is 4.39 Å². The lowest BCUT2D eigenvalue weighted by molar-refractivity contribution is -0.127. The first kappa shape index (κ1) is 20.1. The van der Waals surface area contributed by atoms with Gasteiger partial charge in [-0.15, -0.1) is 35.3 Å². The van der Waals surface area contributed by atoms with E-state index in [1.165, 1.54) is 9.78 Å². The molecule has 0 fully saturated rings. The number of nitrogens with zero attached hydrogens (tertiary/aromatic N) is 2. The maximum atomic E-state index is 12.1. The second-order valence-electron chi connectivity index (χ2n) is 4.36. The molecule has 0 aliphatic carbocycles. The molecule has 1 aromatic rings. The van der Waals surface area contributed by atoms with Crippen LogP contribution in [-0.2, 0) is 11.3 Å². The monoisotopic (exact) mass is 428 g/mol. The molecule has 0 aliphatic heterocycles. The summed E-state index contributed by atoms with van der Waals surface area (Å²) in [5, 5.41) is 8.14. The van der Waals surface area contributed by atoms with Crippen molar-refractivity contribution in [3.8, 4) is 0 Å². The highest BCUT2D eigenvalue weighted by Crippen LogP contribution is 2.07. The average molecular weight is 428 g/mol. The lowest BCUT2D eigenvalue weighted by Gasteiger charge is -2.12. The van der Waals surface area contributed by atoms with Gasteiger partial charge in [0, 0.05) is 25.5 Å². The van der Waals surface area contributed by atoms with Crippen molar-refractivity contribution >= 4 is 47.2 Å². The molecule has 0 aromatic carbocycles. The Hall–Kier alpha value is -0.900. The van der Waals surface area contributed by atoms with Crippen LogP contribution in [0.2, 0.25) is 0 Å². The number of likely N-dealkylation sites (N-methyl/N-ethyl adjacent to an activating group) is 1. The molecule has 1 heterocycles. The van der Waals surface area contributed by atoms with E-state index in [0.717, 1.165) is 0 Å². The summed E-state index contributed by atoms with van der Waals surface area (Å²) in [6.45, 7) is 0.822. The molecule has 5 nitrogen and oxygen atoms in total. The van der Waals surface area contributed by atoms with Gasteiger partial charge in [0.2, 0.25) is 5.91 Å². The number of nitrogens with one attached hydrogen (secondary N) is 2. The van der Waals surface area contributed by atoms with Crippen molar-refractivity contribution < 1.29 is 9.18 Å². The van der Waals surface area contributed by atoms with Gasteiger partial charge in [0.15, 0.2) is 5.96 Å². The van der Waals surface area contributed by atoms with Crippen molar-refractivity contribution in [2.24, 2.45) is 4.99 Å². The van der Waals surface area contributed by atoms with Crippen molar-refractivity contribution in [1.82, 2.24) is 15.5 Å². The number of alkyl halides is 1. The zero-order valence-electron chi connectivity index (χ0n) is 12.3. The third-order valence-corrected chi connectivity index (χ3v) is 3.36. The number of amides is 1. The van der Waals surface area contributed by atoms with Crippen molar-refractivity contribution in [3.05, 3.63) is 22.4 Å². The fourth-order valence-corrected chi connectivity index (χ4v) is 1.96. The highest BCUT2D eigenvalue weighted by atomic mass is 127. The minimum atomic E-state index is -0.373. The summed E-state index contributed by atoms with van der Waals surface area (Å²) in [6.07, 6.45) is 0.418. The molecule has 21 heavy (non-hydrogen) atoms. The standard InChI is InChI=1S/C13H21FN4OS.HI/c1-18(2)12(19)10-17-13(15-7-4-6-14)16-9-11-5-3-8-20-11;/h3,5,8H,4,6-7,9-10H2,1-2H3,(H2,15,16,17);1H. The molecule has 8 heteroatoms. The molecular weight excluding hydrogens is 406 g/mol. The van der Waals surface area contributed by atoms with E-state index in [1.807, 2.05) is 17.5 Å². The molecule has 120 valence electrons. The maximum Gasteiger partial charge on any atom is 0.243 e. The first-order valence-electron chi connectivity index (χ1n) is 6.44. The molecule has 1 aromatic heterocycles. The van der Waals surface area contributed by atoms with Crippen LogP contribution in [0, 0.1) is 0 Å². The van der Waals surface area contributed by atoms with Crippen LogP contribution in [0.15, 0.2) is 22.5 Å². The summed E-state index contributed by atoms with van der Waals surface area (Å²) in [5.41, 5.74) is 0. The van der Waals surface area contributed by atoms with Gasteiger partial charge in [-0.05, 0) is 17.9 Å². The summed E-state index contributed by atoms with van der Waals surface area (Å²) >= 11 is 1.64. The Bertz CT molecular complexity index is 426. The zero-order chi connectivity index (χ0) is 14.8. The van der Waals surface area contributed by atoms with Gasteiger partial charge in [-0.25, -0.2) is 4.99 Å². The van der Waals surface area contributed by atoms with E-state index < -0.39 is 0 Å². The Labute approximate surface area is 146 Å². The highest BCUT2D eigenvalue weighted by Gasteiger charge is 2.04. The van der Waals surface area contributed by atoms with Crippen molar-refractivity contribution in [3.63, 3.8) is 0 Å². The number of carbonyl (C=O) groups is 1. The van der Waals surface area contributed by atoms with E-state index >= 15 is 0 Å². The summed E-state index contributed by atoms with van der Waals surface area (Å²) < 4.78 is 12.1. The van der Waals surface area contributed by atoms with Crippen LogP contribution in [0.3, 0.4) is 0 Å². The minimum Gasteiger partial charge on any atom is -0.356 e. The number of halogens is 2. The molecule has 0 unspecified atom stereocenters. The highest BCUT2D eigenvalue weighted by molar-refractivity contribution is 14.0. The van der Waals surface area contributed by atoms with E-state index in [0.29, 0.717) is 25.5 Å². The van der Waals surface area contributed by atoms with Crippen LogP contribution in [-0.4, -0.2) is 50.6 Å². The number of thiophene rings is 1. The number of aliphatic imine (C=N–C) groups is 1. The lowest BCUT2D eigenvalue weighted by atomic mass is 10.4. The number of hydrogen-bond donors (Lipinski definition) is 2. The van der Waals surface area contributed by atoms with Crippen LogP contribution in [0.5, 0.6) is 0 Å². The minimum absolute atomic E-state index is 0. The Kier molecular flexibility index (Phi) is 11.2. The molecule has 2 N–H and O–H groups in total. The maximum absolute atomic E-state index is 12.1. The van der Waals surface area contributed by atoms with Gasteiger partial charge in [0.05, 0.1) is 13.2 Å². The SMILES string of the molecule is CN(C)C(=O)CN=C(NCCCF)NCc1cccs1.I. The fourth-order valence-electron chi connectivity index (χ4n) is 1.32. The predicted molar refractivity (Wildman–Crippen MR) is 96.2 cm³/mol. The van der Waals surface area contributed by atoms with Gasteiger partial charge in [-0.1, -0.05) is 6.07 Å². The Morgan fingerprint density at radius 2 is 2.19 bits per heavy atom. The van der Waals surface area contributed by atoms with E-state index in [9.17, 15) is 9.18 Å². The molecule has 0 bridgehead atoms. The summed E-state index contributed by atoms with van der Waals surface area (Å²) in [5.74, 6) is 0.453. The van der Waals surface area contributed by atoms with E-state index in [2.05, 4.69) is 15.6 Å². The molecule has 0 radical (unpaired) electrons. The molecule has 0 aliphatic rings. The molecule has 1 rings (SSSR count). The third-order valence-electron chi connectivity index (χ3n) is 2.48. The summed E-state index contributed by atoms with van der Waals surface area (Å²) in [4.78, 5) is 18.4. The summed E-state index contributed by atoms with van der Waals surface area (Å²) in [6, 6.07) is 3.99. The van der Waals surface area contributed by atoms with Gasteiger partial charge in [-0.2, -0.15) is 0 Å². The molecule has 0 spiro atoms. The van der Waals surface area contributed by atoms with Crippen LogP contribution in [0.25, 0.3) is 0 Å². The van der Waals surface area contributed by atoms with Gasteiger partial charge < -0.3 is 15.5 Å². The number of hydrogen-bond acceptors (Lipinski definition) is 3. The lowest BCUT2D eigenvalue weighted by Crippen LogP contribution is -2.38. The number of guanidine groups is 1.